The molecular formula is C15H19N3O6. The second kappa shape index (κ2) is 5.88. The Kier molecular flexibility index (Phi) is 4.02. The molecule has 9 heteroatoms. The zero-order valence-electron chi connectivity index (χ0n) is 13.2. The van der Waals surface area contributed by atoms with Crippen LogP contribution in [0.3, 0.4) is 0 Å². The average molecular weight is 337 g/mol. The van der Waals surface area contributed by atoms with Gasteiger partial charge in [-0.2, -0.15) is 0 Å². The number of carbonyl (C=O) groups is 5. The van der Waals surface area contributed by atoms with E-state index in [2.05, 4.69) is 0 Å². The van der Waals surface area contributed by atoms with Crippen molar-refractivity contribution in [3.63, 3.8) is 0 Å². The maximum absolute atomic E-state index is 12.3. The monoisotopic (exact) mass is 337 g/mol. The molecule has 1 N–H and O–H groups in total. The molecule has 4 amide bonds. The highest BCUT2D eigenvalue weighted by molar-refractivity contribution is 6.05. The van der Waals surface area contributed by atoms with E-state index in [9.17, 15) is 29.1 Å². The lowest BCUT2D eigenvalue weighted by Crippen LogP contribution is -2.55. The number of carboxylic acids is 1. The van der Waals surface area contributed by atoms with Gasteiger partial charge < -0.3 is 14.9 Å². The fraction of sp³-hybridized carbons (Fsp3) is 0.667. The molecule has 0 bridgehead atoms. The normalized spacial score (nSPS) is 22.8. The van der Waals surface area contributed by atoms with Crippen LogP contribution in [0.1, 0.15) is 25.7 Å². The number of hydrogen-bond acceptors (Lipinski definition) is 5. The fourth-order valence-corrected chi connectivity index (χ4v) is 3.14. The van der Waals surface area contributed by atoms with Crippen molar-refractivity contribution < 1.29 is 29.1 Å². The summed E-state index contributed by atoms with van der Waals surface area (Å²) in [5.41, 5.74) is -1.26. The Hall–Kier alpha value is -2.45. The van der Waals surface area contributed by atoms with Gasteiger partial charge in [0, 0.05) is 39.0 Å². The summed E-state index contributed by atoms with van der Waals surface area (Å²) in [6, 6.07) is 0. The molecule has 0 unspecified atom stereocenters. The van der Waals surface area contributed by atoms with Crippen molar-refractivity contribution >= 4 is 29.6 Å². The van der Waals surface area contributed by atoms with Crippen LogP contribution in [-0.4, -0.2) is 82.1 Å². The minimum atomic E-state index is -1.26. The van der Waals surface area contributed by atoms with Crippen molar-refractivity contribution in [2.75, 3.05) is 32.7 Å². The Morgan fingerprint density at radius 1 is 0.917 bits per heavy atom. The molecule has 0 aromatic rings. The van der Waals surface area contributed by atoms with Gasteiger partial charge in [0.1, 0.15) is 12.0 Å². The van der Waals surface area contributed by atoms with Gasteiger partial charge in [0.05, 0.1) is 0 Å². The molecule has 0 spiro atoms. The van der Waals surface area contributed by atoms with E-state index < -0.39 is 11.4 Å². The van der Waals surface area contributed by atoms with E-state index in [4.69, 9.17) is 0 Å². The summed E-state index contributed by atoms with van der Waals surface area (Å²) in [6.07, 6.45) is 1.01. The lowest BCUT2D eigenvalue weighted by Gasteiger charge is -2.36. The van der Waals surface area contributed by atoms with Gasteiger partial charge in [-0.15, -0.1) is 0 Å². The Labute approximate surface area is 138 Å². The summed E-state index contributed by atoms with van der Waals surface area (Å²) in [5.74, 6) is -2.47. The second-order valence-corrected chi connectivity index (χ2v) is 6.43. The topological polar surface area (TPSA) is 115 Å². The second-order valence-electron chi connectivity index (χ2n) is 6.43. The van der Waals surface area contributed by atoms with Crippen LogP contribution in [-0.2, 0) is 24.0 Å². The third-order valence-corrected chi connectivity index (χ3v) is 4.94. The first-order chi connectivity index (χ1) is 11.3. The highest BCUT2D eigenvalue weighted by Gasteiger charge is 2.58. The van der Waals surface area contributed by atoms with Crippen molar-refractivity contribution in [2.24, 2.45) is 5.41 Å². The van der Waals surface area contributed by atoms with E-state index in [1.807, 2.05) is 0 Å². The average Bonchev–Trinajstić information content (AvgIpc) is 3.33. The van der Waals surface area contributed by atoms with Gasteiger partial charge in [-0.05, 0) is 12.8 Å². The molecule has 3 rings (SSSR count). The third-order valence-electron chi connectivity index (χ3n) is 4.94. The molecule has 130 valence electrons. The SMILES string of the molecule is O=C(CN1C(=O)CCC1=O)N1CCN(C(=O)C2(C(=O)O)CC2)CC1. The van der Waals surface area contributed by atoms with Crippen LogP contribution in [0.15, 0.2) is 0 Å². The number of rotatable bonds is 4. The summed E-state index contributed by atoms with van der Waals surface area (Å²) in [4.78, 5) is 62.8. The summed E-state index contributed by atoms with van der Waals surface area (Å²) in [5, 5.41) is 9.17. The van der Waals surface area contributed by atoms with E-state index in [1.54, 1.807) is 0 Å². The molecule has 0 aromatic carbocycles. The molecule has 3 aliphatic rings. The zero-order valence-corrected chi connectivity index (χ0v) is 13.2. The molecule has 2 heterocycles. The van der Waals surface area contributed by atoms with Gasteiger partial charge in [-0.3, -0.25) is 28.9 Å². The van der Waals surface area contributed by atoms with Gasteiger partial charge in [0.2, 0.25) is 23.6 Å². The predicted molar refractivity (Wildman–Crippen MR) is 78.4 cm³/mol. The fourth-order valence-electron chi connectivity index (χ4n) is 3.14. The van der Waals surface area contributed by atoms with Crippen LogP contribution >= 0.6 is 0 Å². The van der Waals surface area contributed by atoms with Crippen LogP contribution in [0.4, 0.5) is 0 Å². The quantitative estimate of drug-likeness (QED) is 0.502. The van der Waals surface area contributed by atoms with E-state index >= 15 is 0 Å². The van der Waals surface area contributed by atoms with E-state index in [-0.39, 0.29) is 69.2 Å². The van der Waals surface area contributed by atoms with Crippen LogP contribution in [0.5, 0.6) is 0 Å². The highest BCUT2D eigenvalue weighted by Crippen LogP contribution is 2.47. The van der Waals surface area contributed by atoms with Gasteiger partial charge in [-0.25, -0.2) is 0 Å². The van der Waals surface area contributed by atoms with Crippen molar-refractivity contribution in [3.8, 4) is 0 Å². The third kappa shape index (κ3) is 2.74. The van der Waals surface area contributed by atoms with Gasteiger partial charge >= 0.3 is 5.97 Å². The minimum Gasteiger partial charge on any atom is -0.480 e. The number of carbonyl (C=O) groups excluding carboxylic acids is 4. The first-order valence-corrected chi connectivity index (χ1v) is 7.99. The summed E-state index contributed by atoms with van der Waals surface area (Å²) in [6.45, 7) is 0.820. The number of hydrogen-bond donors (Lipinski definition) is 1. The van der Waals surface area contributed by atoms with Crippen molar-refractivity contribution in [1.82, 2.24) is 14.7 Å². The molecule has 2 aliphatic heterocycles. The maximum Gasteiger partial charge on any atom is 0.319 e. The zero-order chi connectivity index (χ0) is 17.5. The summed E-state index contributed by atoms with van der Waals surface area (Å²) >= 11 is 0. The molecule has 1 aliphatic carbocycles. The lowest BCUT2D eigenvalue weighted by molar-refractivity contribution is -0.155. The molecule has 9 nitrogen and oxygen atoms in total. The predicted octanol–water partition coefficient (Wildman–Crippen LogP) is -1.33. The molecule has 3 fully saturated rings. The van der Waals surface area contributed by atoms with E-state index in [0.29, 0.717) is 12.8 Å². The molecule has 24 heavy (non-hydrogen) atoms. The molecule has 1 saturated carbocycles. The van der Waals surface area contributed by atoms with Gasteiger partial charge in [-0.1, -0.05) is 0 Å². The molecule has 0 atom stereocenters. The van der Waals surface area contributed by atoms with Crippen LogP contribution in [0, 0.1) is 5.41 Å². The Balaban J connectivity index is 1.53. The Bertz CT molecular complexity index is 603. The number of nitrogens with zero attached hydrogens (tertiary/aromatic N) is 3. The Morgan fingerprint density at radius 3 is 1.88 bits per heavy atom. The van der Waals surface area contributed by atoms with E-state index in [1.165, 1.54) is 9.80 Å². The minimum absolute atomic E-state index is 0.145. The highest BCUT2D eigenvalue weighted by atomic mass is 16.4. The standard InChI is InChI=1S/C15H19N3O6/c19-10-1-2-11(20)18(10)9-12(21)16-5-7-17(8-6-16)13(22)15(3-4-15)14(23)24/h1-9H2,(H,23,24). The number of carboxylic acid groups (broad SMARTS) is 1. The number of imide groups is 1. The first kappa shape index (κ1) is 16.4. The van der Waals surface area contributed by atoms with Gasteiger partial charge in [0.25, 0.3) is 0 Å². The van der Waals surface area contributed by atoms with Crippen LogP contribution < -0.4 is 0 Å². The number of likely N-dealkylation sites (tertiary alicyclic amines) is 1. The number of aliphatic carboxylic acids is 1. The Morgan fingerprint density at radius 2 is 1.42 bits per heavy atom. The molecule has 0 radical (unpaired) electrons. The molecular weight excluding hydrogens is 318 g/mol. The maximum atomic E-state index is 12.3. The number of amides is 4. The van der Waals surface area contributed by atoms with Crippen molar-refractivity contribution in [1.29, 1.82) is 0 Å². The summed E-state index contributed by atoms with van der Waals surface area (Å²) < 4.78 is 0. The van der Waals surface area contributed by atoms with Crippen LogP contribution in [0.25, 0.3) is 0 Å². The van der Waals surface area contributed by atoms with Crippen molar-refractivity contribution in [2.45, 2.75) is 25.7 Å². The van der Waals surface area contributed by atoms with Crippen LogP contribution in [0.2, 0.25) is 0 Å². The van der Waals surface area contributed by atoms with Crippen molar-refractivity contribution in [3.05, 3.63) is 0 Å². The number of piperazine rings is 1. The first-order valence-electron chi connectivity index (χ1n) is 7.99. The molecule has 2 saturated heterocycles. The largest absolute Gasteiger partial charge is 0.480 e. The molecule has 0 aromatic heterocycles. The smallest absolute Gasteiger partial charge is 0.319 e. The van der Waals surface area contributed by atoms with E-state index in [0.717, 1.165) is 4.90 Å². The lowest BCUT2D eigenvalue weighted by atomic mass is 10.1. The summed E-state index contributed by atoms with van der Waals surface area (Å²) in [7, 11) is 0. The van der Waals surface area contributed by atoms with Gasteiger partial charge in [0.15, 0.2) is 0 Å².